The minimum absolute atomic E-state index is 0.193. The second-order valence-corrected chi connectivity index (χ2v) is 7.40. The molecule has 1 amide bonds. The van der Waals surface area contributed by atoms with Crippen LogP contribution in [0.5, 0.6) is 5.75 Å². The highest BCUT2D eigenvalue weighted by Gasteiger charge is 2.35. The zero-order valence-electron chi connectivity index (χ0n) is 15.6. The van der Waals surface area contributed by atoms with E-state index >= 15 is 0 Å². The first-order valence-electron chi connectivity index (χ1n) is 9.40. The van der Waals surface area contributed by atoms with E-state index in [0.29, 0.717) is 30.0 Å². The van der Waals surface area contributed by atoms with Crippen molar-refractivity contribution in [3.8, 4) is 17.0 Å². The van der Waals surface area contributed by atoms with Crippen LogP contribution in [0.1, 0.15) is 12.8 Å². The molecule has 0 saturated heterocycles. The summed E-state index contributed by atoms with van der Waals surface area (Å²) in [5.74, 6) is 1.27. The molecule has 1 heterocycles. The maximum Gasteiger partial charge on any atom is 0.267 e. The summed E-state index contributed by atoms with van der Waals surface area (Å²) in [5, 5.41) is 7.08. The molecule has 0 aliphatic heterocycles. The number of nitrogens with one attached hydrogen (secondary N) is 1. The SMILES string of the molecule is COc1ccc(-c2ccc(=O)n(CC(=O)NC[C@H]3C[C@H]4C=C[C@H]3C4)n2)c(F)c1. The Morgan fingerprint density at radius 1 is 1.29 bits per heavy atom. The Balaban J connectivity index is 1.44. The Morgan fingerprint density at radius 2 is 2.14 bits per heavy atom. The summed E-state index contributed by atoms with van der Waals surface area (Å²) in [7, 11) is 1.46. The topological polar surface area (TPSA) is 73.2 Å². The van der Waals surface area contributed by atoms with Crippen molar-refractivity contribution in [1.82, 2.24) is 15.1 Å². The number of benzene rings is 1. The molecule has 1 aromatic heterocycles. The van der Waals surface area contributed by atoms with Gasteiger partial charge in [-0.3, -0.25) is 9.59 Å². The summed E-state index contributed by atoms with van der Waals surface area (Å²) in [6.45, 7) is 0.410. The molecule has 3 atom stereocenters. The number of allylic oxidation sites excluding steroid dienone is 2. The molecular formula is C21H22FN3O3. The number of hydrogen-bond donors (Lipinski definition) is 1. The van der Waals surface area contributed by atoms with Gasteiger partial charge in [0.1, 0.15) is 18.1 Å². The molecule has 1 N–H and O–H groups in total. The minimum Gasteiger partial charge on any atom is -0.497 e. The number of nitrogens with zero attached hydrogens (tertiary/aromatic N) is 2. The first-order chi connectivity index (χ1) is 13.5. The van der Waals surface area contributed by atoms with E-state index in [1.165, 1.54) is 37.8 Å². The number of fused-ring (bicyclic) bond motifs is 2. The van der Waals surface area contributed by atoms with Gasteiger partial charge in [0.15, 0.2) is 0 Å². The monoisotopic (exact) mass is 383 g/mol. The molecule has 6 nitrogen and oxygen atoms in total. The first kappa shape index (κ1) is 18.4. The normalized spacial score (nSPS) is 22.4. The fourth-order valence-electron chi connectivity index (χ4n) is 4.10. The molecule has 4 rings (SSSR count). The second kappa shape index (κ2) is 7.58. The van der Waals surface area contributed by atoms with Crippen molar-refractivity contribution in [2.24, 2.45) is 17.8 Å². The van der Waals surface area contributed by atoms with Crippen molar-refractivity contribution in [1.29, 1.82) is 0 Å². The van der Waals surface area contributed by atoms with Gasteiger partial charge in [-0.2, -0.15) is 5.10 Å². The van der Waals surface area contributed by atoms with Gasteiger partial charge in [-0.25, -0.2) is 9.07 Å². The third kappa shape index (κ3) is 3.69. The zero-order chi connectivity index (χ0) is 19.7. The van der Waals surface area contributed by atoms with Gasteiger partial charge in [-0.1, -0.05) is 12.2 Å². The molecule has 28 heavy (non-hydrogen) atoms. The van der Waals surface area contributed by atoms with Gasteiger partial charge in [0, 0.05) is 24.2 Å². The molecule has 146 valence electrons. The summed E-state index contributed by atoms with van der Waals surface area (Å²) in [5.41, 5.74) is 0.116. The van der Waals surface area contributed by atoms with Crippen LogP contribution in [0.15, 0.2) is 47.3 Å². The van der Waals surface area contributed by atoms with Crippen LogP contribution in [0.2, 0.25) is 0 Å². The van der Waals surface area contributed by atoms with Crippen molar-refractivity contribution in [2.75, 3.05) is 13.7 Å². The number of carbonyl (C=O) groups excluding carboxylic acids is 1. The van der Waals surface area contributed by atoms with E-state index < -0.39 is 11.4 Å². The lowest BCUT2D eigenvalue weighted by Gasteiger charge is -2.18. The number of methoxy groups -OCH3 is 1. The smallest absolute Gasteiger partial charge is 0.267 e. The number of amides is 1. The first-order valence-corrected chi connectivity index (χ1v) is 9.40. The molecule has 0 radical (unpaired) electrons. The van der Waals surface area contributed by atoms with Crippen LogP contribution >= 0.6 is 0 Å². The standard InChI is InChI=1S/C21H22FN3O3/c1-28-16-4-5-17(18(22)10-16)19-6-7-21(27)25(24-19)12-20(26)23-11-15-9-13-2-3-14(15)8-13/h2-7,10,13-15H,8-9,11-12H2,1H3,(H,23,26)/t13-,14-,15+/m0/s1. The van der Waals surface area contributed by atoms with Gasteiger partial charge < -0.3 is 10.1 Å². The van der Waals surface area contributed by atoms with Crippen molar-refractivity contribution < 1.29 is 13.9 Å². The lowest BCUT2D eigenvalue weighted by Crippen LogP contribution is -2.36. The fraction of sp³-hybridized carbons (Fsp3) is 0.381. The van der Waals surface area contributed by atoms with E-state index in [1.807, 2.05) is 0 Å². The Kier molecular flexibility index (Phi) is 4.98. The number of aromatic nitrogens is 2. The van der Waals surface area contributed by atoms with Gasteiger partial charge in [-0.15, -0.1) is 0 Å². The van der Waals surface area contributed by atoms with E-state index in [1.54, 1.807) is 6.07 Å². The van der Waals surface area contributed by atoms with Gasteiger partial charge in [-0.05, 0) is 48.8 Å². The molecule has 2 bridgehead atoms. The highest BCUT2D eigenvalue weighted by Crippen LogP contribution is 2.42. The van der Waals surface area contributed by atoms with E-state index in [4.69, 9.17) is 4.74 Å². The second-order valence-electron chi connectivity index (χ2n) is 7.40. The molecule has 0 spiro atoms. The van der Waals surface area contributed by atoms with Crippen LogP contribution in [0.25, 0.3) is 11.3 Å². The molecular weight excluding hydrogens is 361 g/mol. The van der Waals surface area contributed by atoms with E-state index in [0.717, 1.165) is 11.1 Å². The maximum absolute atomic E-state index is 14.3. The number of rotatable bonds is 6. The van der Waals surface area contributed by atoms with Crippen LogP contribution in [-0.2, 0) is 11.3 Å². The summed E-state index contributed by atoms with van der Waals surface area (Å²) in [6, 6.07) is 7.15. The molecule has 0 unspecified atom stereocenters. The van der Waals surface area contributed by atoms with Crippen LogP contribution in [0.3, 0.4) is 0 Å². The molecule has 1 aromatic carbocycles. The number of carbonyl (C=O) groups is 1. The van der Waals surface area contributed by atoms with E-state index in [9.17, 15) is 14.0 Å². The van der Waals surface area contributed by atoms with Crippen molar-refractivity contribution in [3.05, 3.63) is 58.7 Å². The summed E-state index contributed by atoms with van der Waals surface area (Å²) >= 11 is 0. The number of ether oxygens (including phenoxy) is 1. The van der Waals surface area contributed by atoms with Crippen LogP contribution < -0.4 is 15.6 Å². The largest absolute Gasteiger partial charge is 0.497 e. The van der Waals surface area contributed by atoms with Gasteiger partial charge in [0.25, 0.3) is 5.56 Å². The third-order valence-electron chi connectivity index (χ3n) is 5.59. The van der Waals surface area contributed by atoms with Gasteiger partial charge >= 0.3 is 0 Å². The summed E-state index contributed by atoms with van der Waals surface area (Å²) in [4.78, 5) is 24.4. The Bertz CT molecular complexity index is 985. The summed E-state index contributed by atoms with van der Waals surface area (Å²) in [6.07, 6.45) is 6.78. The molecule has 1 saturated carbocycles. The summed E-state index contributed by atoms with van der Waals surface area (Å²) < 4.78 is 20.4. The van der Waals surface area contributed by atoms with Crippen molar-refractivity contribution >= 4 is 5.91 Å². The average Bonchev–Trinajstić information content (AvgIpc) is 3.31. The van der Waals surface area contributed by atoms with Gasteiger partial charge in [0.2, 0.25) is 5.91 Å². The minimum atomic E-state index is -0.508. The third-order valence-corrected chi connectivity index (χ3v) is 5.59. The van der Waals surface area contributed by atoms with Crippen LogP contribution in [0.4, 0.5) is 4.39 Å². The van der Waals surface area contributed by atoms with Crippen molar-refractivity contribution in [2.45, 2.75) is 19.4 Å². The zero-order valence-corrected chi connectivity index (χ0v) is 15.6. The molecule has 7 heteroatoms. The molecule has 2 aromatic rings. The number of halogens is 1. The Hall–Kier alpha value is -2.96. The molecule has 2 aliphatic carbocycles. The Labute approximate surface area is 162 Å². The molecule has 2 aliphatic rings. The van der Waals surface area contributed by atoms with E-state index in [2.05, 4.69) is 22.6 Å². The quantitative estimate of drug-likeness (QED) is 0.778. The predicted octanol–water partition coefficient (Wildman–Crippen LogP) is 2.39. The number of hydrogen-bond acceptors (Lipinski definition) is 4. The van der Waals surface area contributed by atoms with Gasteiger partial charge in [0.05, 0.1) is 12.8 Å². The average molecular weight is 383 g/mol. The van der Waals surface area contributed by atoms with E-state index in [-0.39, 0.29) is 23.7 Å². The van der Waals surface area contributed by atoms with Crippen LogP contribution in [-0.4, -0.2) is 29.3 Å². The fourth-order valence-corrected chi connectivity index (χ4v) is 4.10. The van der Waals surface area contributed by atoms with Crippen molar-refractivity contribution in [3.63, 3.8) is 0 Å². The highest BCUT2D eigenvalue weighted by molar-refractivity contribution is 5.75. The lowest BCUT2D eigenvalue weighted by molar-refractivity contribution is -0.122. The Morgan fingerprint density at radius 3 is 2.82 bits per heavy atom. The lowest BCUT2D eigenvalue weighted by atomic mass is 9.94. The maximum atomic E-state index is 14.3. The molecule has 1 fully saturated rings. The predicted molar refractivity (Wildman–Crippen MR) is 102 cm³/mol. The van der Waals surface area contributed by atoms with Crippen LogP contribution in [0, 0.1) is 23.6 Å². The highest BCUT2D eigenvalue weighted by atomic mass is 19.1.